The molecule has 1 aliphatic heterocycles. The van der Waals surface area contributed by atoms with Crippen LogP contribution in [0.4, 0.5) is 10.2 Å². The van der Waals surface area contributed by atoms with Gasteiger partial charge in [-0.25, -0.2) is 19.3 Å². The Hall–Kier alpha value is -4.19. The molecule has 2 amide bonds. The number of anilines is 1. The number of alkyl halides is 1. The van der Waals surface area contributed by atoms with Crippen LogP contribution in [0.1, 0.15) is 29.5 Å². The lowest BCUT2D eigenvalue weighted by Crippen LogP contribution is -2.44. The van der Waals surface area contributed by atoms with Gasteiger partial charge in [0.15, 0.2) is 5.78 Å². The first-order chi connectivity index (χ1) is 19.1. The second-order valence-corrected chi connectivity index (χ2v) is 10.4. The predicted molar refractivity (Wildman–Crippen MR) is 150 cm³/mol. The Morgan fingerprint density at radius 2 is 1.95 bits per heavy atom. The third kappa shape index (κ3) is 5.44. The van der Waals surface area contributed by atoms with Crippen LogP contribution in [0, 0.1) is 6.92 Å². The number of fused-ring (bicyclic) bond motifs is 1. The second kappa shape index (κ2) is 11.1. The summed E-state index contributed by atoms with van der Waals surface area (Å²) in [5.74, 6) is 0.257. The van der Waals surface area contributed by atoms with E-state index < -0.39 is 24.0 Å². The van der Waals surface area contributed by atoms with Crippen molar-refractivity contribution in [2.75, 3.05) is 19.0 Å². The van der Waals surface area contributed by atoms with Crippen LogP contribution in [0.2, 0.25) is 0 Å². The summed E-state index contributed by atoms with van der Waals surface area (Å²) in [6.45, 7) is 2.82. The molecule has 1 saturated heterocycles. The Kier molecular flexibility index (Phi) is 7.61. The summed E-state index contributed by atoms with van der Waals surface area (Å²) in [5, 5.41) is 3.29. The van der Waals surface area contributed by atoms with E-state index in [2.05, 4.69) is 36.2 Å². The number of nitrogens with one attached hydrogen (secondary N) is 1. The van der Waals surface area contributed by atoms with Gasteiger partial charge in [0.25, 0.3) is 0 Å². The minimum absolute atomic E-state index is 0.119. The second-order valence-electron chi connectivity index (χ2n) is 9.55. The van der Waals surface area contributed by atoms with Gasteiger partial charge in [0.1, 0.15) is 40.8 Å². The number of amides is 2. The first-order valence-electron chi connectivity index (χ1n) is 12.5. The van der Waals surface area contributed by atoms with E-state index in [1.54, 1.807) is 54.3 Å². The van der Waals surface area contributed by atoms with Crippen LogP contribution in [0.3, 0.4) is 0 Å². The molecule has 4 aromatic rings. The number of carbonyl (C=O) groups is 3. The number of aryl methyl sites for hydroxylation is 1. The standard InChI is InChI=1S/C28H26BrFN6O4/c1-15(37)21-13-35(22-9-24(40-3)19(8-20(21)22)17-10-31-16(2)32-11-17)14-27(38)36-12-18(30)7-23(36)28(39)34-26-6-4-5-25(29)33-26/h4-6,8-11,13,18,23H,7,12,14H2,1-3H3,(H,33,34,39)/t18-,23+/m1/s1. The molecule has 12 heteroatoms. The molecule has 0 spiro atoms. The number of hydrogen-bond donors (Lipinski definition) is 1. The first kappa shape index (κ1) is 27.4. The smallest absolute Gasteiger partial charge is 0.248 e. The zero-order valence-electron chi connectivity index (χ0n) is 22.0. The number of Topliss-reactive ketones (excluding diaryl/α,β-unsaturated/α-hetero) is 1. The van der Waals surface area contributed by atoms with Gasteiger partial charge in [-0.3, -0.25) is 14.4 Å². The molecule has 40 heavy (non-hydrogen) atoms. The fraction of sp³-hybridized carbons (Fsp3) is 0.286. The molecule has 5 rings (SSSR count). The van der Waals surface area contributed by atoms with Crippen LogP contribution >= 0.6 is 15.9 Å². The van der Waals surface area contributed by atoms with Crippen molar-refractivity contribution in [1.82, 2.24) is 24.4 Å². The number of ketones is 1. The number of pyridine rings is 1. The summed E-state index contributed by atoms with van der Waals surface area (Å²) >= 11 is 3.25. The van der Waals surface area contributed by atoms with E-state index in [0.29, 0.717) is 49.6 Å². The first-order valence-corrected chi connectivity index (χ1v) is 13.3. The van der Waals surface area contributed by atoms with E-state index in [4.69, 9.17) is 4.74 Å². The summed E-state index contributed by atoms with van der Waals surface area (Å²) in [7, 11) is 1.53. The van der Waals surface area contributed by atoms with Gasteiger partial charge in [-0.05, 0) is 48.0 Å². The van der Waals surface area contributed by atoms with Crippen LogP contribution in [0.5, 0.6) is 5.75 Å². The van der Waals surface area contributed by atoms with Gasteiger partial charge in [-0.1, -0.05) is 6.07 Å². The molecule has 0 aliphatic carbocycles. The maximum Gasteiger partial charge on any atom is 0.248 e. The van der Waals surface area contributed by atoms with E-state index in [9.17, 15) is 18.8 Å². The molecule has 10 nitrogen and oxygen atoms in total. The number of carbonyl (C=O) groups excluding carboxylic acids is 3. The minimum Gasteiger partial charge on any atom is -0.496 e. The Bertz CT molecular complexity index is 1620. The summed E-state index contributed by atoms with van der Waals surface area (Å²) in [6.07, 6.45) is 3.49. The third-order valence-electron chi connectivity index (χ3n) is 6.82. The highest BCUT2D eigenvalue weighted by Gasteiger charge is 2.40. The van der Waals surface area contributed by atoms with E-state index in [0.717, 1.165) is 0 Å². The molecule has 4 heterocycles. The van der Waals surface area contributed by atoms with Crippen LogP contribution in [-0.2, 0) is 16.1 Å². The van der Waals surface area contributed by atoms with Crippen LogP contribution in [0.25, 0.3) is 22.0 Å². The maximum atomic E-state index is 14.5. The zero-order chi connectivity index (χ0) is 28.6. The Morgan fingerprint density at radius 1 is 1.20 bits per heavy atom. The number of hydrogen-bond acceptors (Lipinski definition) is 7. The van der Waals surface area contributed by atoms with Gasteiger partial charge in [-0.15, -0.1) is 0 Å². The van der Waals surface area contributed by atoms with Crippen molar-refractivity contribution < 1.29 is 23.5 Å². The normalized spacial score (nSPS) is 16.8. The summed E-state index contributed by atoms with van der Waals surface area (Å²) in [5.41, 5.74) is 2.41. The van der Waals surface area contributed by atoms with Crippen LogP contribution in [0.15, 0.2) is 53.5 Å². The number of likely N-dealkylation sites (tertiary alicyclic amines) is 1. The monoisotopic (exact) mass is 608 g/mol. The zero-order valence-corrected chi connectivity index (χ0v) is 23.6. The molecule has 0 unspecified atom stereocenters. The molecule has 1 aromatic carbocycles. The van der Waals surface area contributed by atoms with E-state index >= 15 is 0 Å². The molecular weight excluding hydrogens is 583 g/mol. The molecule has 1 fully saturated rings. The van der Waals surface area contributed by atoms with Gasteiger partial charge in [-0.2, -0.15) is 0 Å². The highest BCUT2D eigenvalue weighted by Crippen LogP contribution is 2.36. The van der Waals surface area contributed by atoms with Crippen molar-refractivity contribution in [3.05, 3.63) is 64.9 Å². The Balaban J connectivity index is 1.46. The SMILES string of the molecule is COc1cc2c(cc1-c1cnc(C)nc1)c(C(C)=O)cn2CC(=O)N1C[C@H](F)C[C@H]1C(=O)Nc1cccc(Br)n1. The highest BCUT2D eigenvalue weighted by atomic mass is 79.9. The average molecular weight is 609 g/mol. The topological polar surface area (TPSA) is 119 Å². The van der Waals surface area contributed by atoms with Gasteiger partial charge >= 0.3 is 0 Å². The lowest BCUT2D eigenvalue weighted by Gasteiger charge is -2.24. The van der Waals surface area contributed by atoms with Gasteiger partial charge in [0, 0.05) is 53.2 Å². The lowest BCUT2D eigenvalue weighted by atomic mass is 10.0. The minimum atomic E-state index is -1.34. The lowest BCUT2D eigenvalue weighted by molar-refractivity contribution is -0.137. The number of aromatic nitrogens is 4. The largest absolute Gasteiger partial charge is 0.496 e. The molecule has 0 saturated carbocycles. The van der Waals surface area contributed by atoms with Crippen molar-refractivity contribution in [3.63, 3.8) is 0 Å². The number of nitrogens with zero attached hydrogens (tertiary/aromatic N) is 5. The van der Waals surface area contributed by atoms with Crippen molar-refractivity contribution >= 4 is 50.2 Å². The van der Waals surface area contributed by atoms with E-state index in [-0.39, 0.29) is 25.3 Å². The van der Waals surface area contributed by atoms with Crippen molar-refractivity contribution in [2.45, 2.75) is 39.0 Å². The molecule has 1 aliphatic rings. The summed E-state index contributed by atoms with van der Waals surface area (Å²) in [6, 6.07) is 7.58. The molecule has 3 aromatic heterocycles. The third-order valence-corrected chi connectivity index (χ3v) is 7.26. The number of benzene rings is 1. The Morgan fingerprint density at radius 3 is 2.62 bits per heavy atom. The summed E-state index contributed by atoms with van der Waals surface area (Å²) in [4.78, 5) is 53.0. The molecule has 2 atom stereocenters. The number of halogens is 2. The van der Waals surface area contributed by atoms with Crippen molar-refractivity contribution in [2.24, 2.45) is 0 Å². The predicted octanol–water partition coefficient (Wildman–Crippen LogP) is 4.35. The Labute approximate surface area is 237 Å². The van der Waals surface area contributed by atoms with E-state index in [1.165, 1.54) is 18.9 Å². The van der Waals surface area contributed by atoms with Gasteiger partial charge in [0.05, 0.1) is 19.2 Å². The molecule has 0 radical (unpaired) electrons. The fourth-order valence-electron chi connectivity index (χ4n) is 4.89. The molecule has 206 valence electrons. The summed E-state index contributed by atoms with van der Waals surface area (Å²) < 4.78 is 22.3. The van der Waals surface area contributed by atoms with Crippen molar-refractivity contribution in [3.8, 4) is 16.9 Å². The molecule has 0 bridgehead atoms. The van der Waals surface area contributed by atoms with E-state index in [1.807, 2.05) is 6.07 Å². The van der Waals surface area contributed by atoms with Crippen LogP contribution < -0.4 is 10.1 Å². The quantitative estimate of drug-likeness (QED) is 0.245. The molecule has 1 N–H and O–H groups in total. The number of ether oxygens (including phenoxy) is 1. The van der Waals surface area contributed by atoms with Gasteiger partial charge < -0.3 is 19.5 Å². The fourth-order valence-corrected chi connectivity index (χ4v) is 5.23. The maximum absolute atomic E-state index is 14.5. The number of methoxy groups -OCH3 is 1. The van der Waals surface area contributed by atoms with Crippen LogP contribution in [-0.4, -0.2) is 67.9 Å². The van der Waals surface area contributed by atoms with Crippen molar-refractivity contribution in [1.29, 1.82) is 0 Å². The number of rotatable bonds is 7. The van der Waals surface area contributed by atoms with Gasteiger partial charge in [0.2, 0.25) is 11.8 Å². The molecular formula is C28H26BrFN6O4. The highest BCUT2D eigenvalue weighted by molar-refractivity contribution is 9.10. The average Bonchev–Trinajstić information content (AvgIpc) is 3.49.